The summed E-state index contributed by atoms with van der Waals surface area (Å²) in [6.45, 7) is -1.02. The Labute approximate surface area is 141 Å². The van der Waals surface area contributed by atoms with Gasteiger partial charge in [-0.3, -0.25) is 4.79 Å². The van der Waals surface area contributed by atoms with Gasteiger partial charge in [0.15, 0.2) is 13.2 Å². The molecule has 2 aromatic carbocycles. The minimum absolute atomic E-state index is 0.0450. The second kappa shape index (κ2) is 8.18. The number of esters is 1. The normalized spacial score (nSPS) is 10.8. The van der Waals surface area contributed by atoms with Gasteiger partial charge in [0.1, 0.15) is 5.75 Å². The van der Waals surface area contributed by atoms with Crippen LogP contribution in [0.3, 0.4) is 0 Å². The van der Waals surface area contributed by atoms with Crippen LogP contribution < -0.4 is 10.1 Å². The average Bonchev–Trinajstić information content (AvgIpc) is 2.58. The molecule has 0 aliphatic carbocycles. The maximum absolute atomic E-state index is 12.6. The van der Waals surface area contributed by atoms with Gasteiger partial charge in [-0.2, -0.15) is 13.2 Å². The molecule has 0 atom stereocenters. The SMILES string of the molecule is O=C(COC(=O)COc1ccccc1)Nc1cccc(C(F)(F)F)c1. The minimum Gasteiger partial charge on any atom is -0.482 e. The lowest BCUT2D eigenvalue weighted by molar-refractivity contribution is -0.149. The van der Waals surface area contributed by atoms with Gasteiger partial charge in [0.2, 0.25) is 0 Å². The molecule has 0 saturated heterocycles. The van der Waals surface area contributed by atoms with Crippen molar-refractivity contribution >= 4 is 17.6 Å². The Morgan fingerprint density at radius 3 is 2.36 bits per heavy atom. The molecule has 0 bridgehead atoms. The third kappa shape index (κ3) is 6.17. The van der Waals surface area contributed by atoms with Crippen LogP contribution in [0, 0.1) is 0 Å². The number of benzene rings is 2. The number of amides is 1. The van der Waals surface area contributed by atoms with Crippen LogP contribution in [-0.2, 0) is 20.5 Å². The number of halogens is 3. The van der Waals surface area contributed by atoms with E-state index < -0.39 is 30.2 Å². The summed E-state index contributed by atoms with van der Waals surface area (Å²) in [6.07, 6.45) is -4.51. The lowest BCUT2D eigenvalue weighted by atomic mass is 10.2. The van der Waals surface area contributed by atoms with E-state index in [-0.39, 0.29) is 12.3 Å². The van der Waals surface area contributed by atoms with E-state index in [4.69, 9.17) is 9.47 Å². The molecule has 8 heteroatoms. The van der Waals surface area contributed by atoms with Crippen molar-refractivity contribution < 1.29 is 32.2 Å². The number of carbonyl (C=O) groups excluding carboxylic acids is 2. The Morgan fingerprint density at radius 2 is 1.68 bits per heavy atom. The molecule has 25 heavy (non-hydrogen) atoms. The molecule has 5 nitrogen and oxygen atoms in total. The van der Waals surface area contributed by atoms with E-state index in [2.05, 4.69) is 5.32 Å². The number of para-hydroxylation sites is 1. The predicted molar refractivity (Wildman–Crippen MR) is 83.0 cm³/mol. The van der Waals surface area contributed by atoms with Crippen molar-refractivity contribution in [3.05, 3.63) is 60.2 Å². The first-order valence-corrected chi connectivity index (χ1v) is 7.15. The van der Waals surface area contributed by atoms with Crippen molar-refractivity contribution in [2.24, 2.45) is 0 Å². The molecule has 0 radical (unpaired) electrons. The third-order valence-corrected chi connectivity index (χ3v) is 2.94. The average molecular weight is 353 g/mol. The van der Waals surface area contributed by atoms with E-state index in [1.165, 1.54) is 6.07 Å². The molecule has 132 valence electrons. The number of alkyl halides is 3. The van der Waals surface area contributed by atoms with E-state index in [0.29, 0.717) is 5.75 Å². The zero-order valence-corrected chi connectivity index (χ0v) is 12.9. The molecule has 0 spiro atoms. The summed E-state index contributed by atoms with van der Waals surface area (Å²) in [5.41, 5.74) is -0.935. The molecule has 0 aliphatic heterocycles. The molecule has 1 N–H and O–H groups in total. The monoisotopic (exact) mass is 353 g/mol. The molecule has 0 saturated carbocycles. The molecule has 2 rings (SSSR count). The summed E-state index contributed by atoms with van der Waals surface area (Å²) in [5.74, 6) is -1.07. The fourth-order valence-electron chi connectivity index (χ4n) is 1.82. The molecular weight excluding hydrogens is 339 g/mol. The van der Waals surface area contributed by atoms with Gasteiger partial charge in [0.05, 0.1) is 5.56 Å². The third-order valence-electron chi connectivity index (χ3n) is 2.94. The van der Waals surface area contributed by atoms with Gasteiger partial charge >= 0.3 is 12.1 Å². The molecule has 0 heterocycles. The molecule has 0 aromatic heterocycles. The van der Waals surface area contributed by atoms with Crippen molar-refractivity contribution in [2.45, 2.75) is 6.18 Å². The van der Waals surface area contributed by atoms with Crippen molar-refractivity contribution in [2.75, 3.05) is 18.5 Å². The maximum atomic E-state index is 12.6. The van der Waals surface area contributed by atoms with Crippen LogP contribution in [0.4, 0.5) is 18.9 Å². The Bertz CT molecular complexity index is 732. The van der Waals surface area contributed by atoms with Crippen LogP contribution >= 0.6 is 0 Å². The number of rotatable bonds is 6. The highest BCUT2D eigenvalue weighted by atomic mass is 19.4. The molecule has 0 fully saturated rings. The largest absolute Gasteiger partial charge is 0.482 e. The first-order valence-electron chi connectivity index (χ1n) is 7.15. The summed E-state index contributed by atoms with van der Waals surface area (Å²) < 4.78 is 47.6. The Morgan fingerprint density at radius 1 is 0.960 bits per heavy atom. The Hall–Kier alpha value is -3.03. The first kappa shape index (κ1) is 18.3. The highest BCUT2D eigenvalue weighted by molar-refractivity contribution is 5.92. The highest BCUT2D eigenvalue weighted by Crippen LogP contribution is 2.30. The Balaban J connectivity index is 1.78. The predicted octanol–water partition coefficient (Wildman–Crippen LogP) is 3.27. The van der Waals surface area contributed by atoms with Crippen LogP contribution in [0.1, 0.15) is 5.56 Å². The van der Waals surface area contributed by atoms with E-state index in [9.17, 15) is 22.8 Å². The Kier molecular flexibility index (Phi) is 5.99. The van der Waals surface area contributed by atoms with Crippen LogP contribution in [-0.4, -0.2) is 25.1 Å². The second-order valence-corrected chi connectivity index (χ2v) is 4.89. The van der Waals surface area contributed by atoms with E-state index in [1.807, 2.05) is 0 Å². The fraction of sp³-hybridized carbons (Fsp3) is 0.176. The van der Waals surface area contributed by atoms with E-state index >= 15 is 0 Å². The number of carbonyl (C=O) groups is 2. The summed E-state index contributed by atoms with van der Waals surface area (Å²) in [7, 11) is 0. The quantitative estimate of drug-likeness (QED) is 0.810. The van der Waals surface area contributed by atoms with Gasteiger partial charge in [-0.15, -0.1) is 0 Å². The van der Waals surface area contributed by atoms with Gasteiger partial charge in [-0.25, -0.2) is 4.79 Å². The van der Waals surface area contributed by atoms with Gasteiger partial charge in [-0.1, -0.05) is 24.3 Å². The first-order chi connectivity index (χ1) is 11.8. The van der Waals surface area contributed by atoms with Gasteiger partial charge in [0, 0.05) is 5.69 Å². The van der Waals surface area contributed by atoms with Gasteiger partial charge < -0.3 is 14.8 Å². The molecule has 0 aliphatic rings. The fourth-order valence-corrected chi connectivity index (χ4v) is 1.82. The van der Waals surface area contributed by atoms with Crippen molar-refractivity contribution in [3.63, 3.8) is 0 Å². The molecule has 2 aromatic rings. The smallest absolute Gasteiger partial charge is 0.416 e. The molecule has 1 amide bonds. The molecule has 0 unspecified atom stereocenters. The van der Waals surface area contributed by atoms with Crippen LogP contribution in [0.2, 0.25) is 0 Å². The maximum Gasteiger partial charge on any atom is 0.416 e. The van der Waals surface area contributed by atoms with Crippen LogP contribution in [0.5, 0.6) is 5.75 Å². The van der Waals surface area contributed by atoms with E-state index in [0.717, 1.165) is 18.2 Å². The zero-order chi connectivity index (χ0) is 18.3. The molecular formula is C17H14F3NO4. The lowest BCUT2D eigenvalue weighted by Gasteiger charge is -2.10. The van der Waals surface area contributed by atoms with Gasteiger partial charge in [0.25, 0.3) is 5.91 Å². The van der Waals surface area contributed by atoms with Crippen molar-refractivity contribution in [3.8, 4) is 5.75 Å². The second-order valence-electron chi connectivity index (χ2n) is 4.89. The van der Waals surface area contributed by atoms with Crippen molar-refractivity contribution in [1.82, 2.24) is 0 Å². The number of anilines is 1. The zero-order valence-electron chi connectivity index (χ0n) is 12.9. The number of hydrogen-bond acceptors (Lipinski definition) is 4. The summed E-state index contributed by atoms with van der Waals surface area (Å²) in [4.78, 5) is 23.1. The lowest BCUT2D eigenvalue weighted by Crippen LogP contribution is -2.23. The minimum atomic E-state index is -4.51. The van der Waals surface area contributed by atoms with Crippen molar-refractivity contribution in [1.29, 1.82) is 0 Å². The summed E-state index contributed by atoms with van der Waals surface area (Å²) in [6, 6.07) is 12.7. The summed E-state index contributed by atoms with van der Waals surface area (Å²) in [5, 5.41) is 2.23. The topological polar surface area (TPSA) is 64.6 Å². The number of nitrogens with one attached hydrogen (secondary N) is 1. The van der Waals surface area contributed by atoms with E-state index in [1.54, 1.807) is 30.3 Å². The van der Waals surface area contributed by atoms with Crippen LogP contribution in [0.15, 0.2) is 54.6 Å². The van der Waals surface area contributed by atoms with Crippen LogP contribution in [0.25, 0.3) is 0 Å². The number of ether oxygens (including phenoxy) is 2. The number of hydrogen-bond donors (Lipinski definition) is 1. The van der Waals surface area contributed by atoms with Gasteiger partial charge in [-0.05, 0) is 30.3 Å². The highest BCUT2D eigenvalue weighted by Gasteiger charge is 2.30. The summed E-state index contributed by atoms with van der Waals surface area (Å²) >= 11 is 0. The standard InChI is InChI=1S/C17H14F3NO4/c18-17(19,20)12-5-4-6-13(9-12)21-15(22)10-25-16(23)11-24-14-7-2-1-3-8-14/h1-9H,10-11H2,(H,21,22).